The van der Waals surface area contributed by atoms with Crippen molar-refractivity contribution < 1.29 is 19.4 Å². The molecule has 0 saturated heterocycles. The fourth-order valence-electron chi connectivity index (χ4n) is 1.27. The Balaban J connectivity index is 2.51. The number of carboxylic acid groups (broad SMARTS) is 1. The molecule has 1 atom stereocenters. The summed E-state index contributed by atoms with van der Waals surface area (Å²) >= 11 is 0. The lowest BCUT2D eigenvalue weighted by Gasteiger charge is -2.13. The van der Waals surface area contributed by atoms with Crippen molar-refractivity contribution in [3.63, 3.8) is 0 Å². The second-order valence-electron chi connectivity index (χ2n) is 3.41. The van der Waals surface area contributed by atoms with Crippen molar-refractivity contribution in [2.45, 2.75) is 20.0 Å². The zero-order valence-corrected chi connectivity index (χ0v) is 9.47. The smallest absolute Gasteiger partial charge is 0.336 e. The zero-order valence-electron chi connectivity index (χ0n) is 9.47. The summed E-state index contributed by atoms with van der Waals surface area (Å²) in [4.78, 5) is 10.8. The molecule has 0 aromatic heterocycles. The first-order valence-electron chi connectivity index (χ1n) is 5.17. The average molecular weight is 224 g/mol. The maximum absolute atomic E-state index is 10.8. The van der Waals surface area contributed by atoms with Gasteiger partial charge in [-0.15, -0.1) is 0 Å². The first-order chi connectivity index (χ1) is 7.63. The highest BCUT2D eigenvalue weighted by Crippen LogP contribution is 2.12. The van der Waals surface area contributed by atoms with Crippen LogP contribution in [0.25, 0.3) is 0 Å². The second-order valence-corrected chi connectivity index (χ2v) is 3.41. The van der Waals surface area contributed by atoms with Gasteiger partial charge in [0, 0.05) is 6.61 Å². The summed E-state index contributed by atoms with van der Waals surface area (Å²) in [5, 5.41) is 8.83. The minimum atomic E-state index is -1.01. The van der Waals surface area contributed by atoms with Crippen molar-refractivity contribution in [2.75, 3.05) is 13.2 Å². The number of benzene rings is 1. The van der Waals surface area contributed by atoms with Crippen LogP contribution in [0.4, 0.5) is 0 Å². The van der Waals surface area contributed by atoms with Gasteiger partial charge in [0.15, 0.2) is 6.10 Å². The van der Waals surface area contributed by atoms with E-state index >= 15 is 0 Å². The van der Waals surface area contributed by atoms with E-state index in [9.17, 15) is 4.79 Å². The van der Waals surface area contributed by atoms with Crippen LogP contribution in [-0.2, 0) is 9.53 Å². The largest absolute Gasteiger partial charge is 0.490 e. The molecular weight excluding hydrogens is 208 g/mol. The second kappa shape index (κ2) is 6.12. The highest BCUT2D eigenvalue weighted by molar-refractivity contribution is 5.72. The number of rotatable bonds is 6. The summed E-state index contributed by atoms with van der Waals surface area (Å²) in [6, 6.07) is 7.45. The monoisotopic (exact) mass is 224 g/mol. The van der Waals surface area contributed by atoms with Gasteiger partial charge in [0.05, 0.1) is 0 Å². The molecule has 0 fully saturated rings. The van der Waals surface area contributed by atoms with Crippen molar-refractivity contribution in [3.8, 4) is 5.75 Å². The Hall–Kier alpha value is -1.55. The van der Waals surface area contributed by atoms with Crippen molar-refractivity contribution in [3.05, 3.63) is 29.8 Å². The maximum atomic E-state index is 10.8. The van der Waals surface area contributed by atoms with E-state index in [4.69, 9.17) is 14.6 Å². The van der Waals surface area contributed by atoms with E-state index in [2.05, 4.69) is 0 Å². The van der Waals surface area contributed by atoms with Crippen LogP contribution in [0, 0.1) is 6.92 Å². The van der Waals surface area contributed by atoms with Gasteiger partial charge in [-0.25, -0.2) is 4.79 Å². The highest BCUT2D eigenvalue weighted by atomic mass is 16.5. The van der Waals surface area contributed by atoms with Gasteiger partial charge in [0.1, 0.15) is 12.4 Å². The Kier molecular flexibility index (Phi) is 4.79. The number of ether oxygens (including phenoxy) is 2. The molecule has 88 valence electrons. The fourth-order valence-corrected chi connectivity index (χ4v) is 1.27. The Labute approximate surface area is 94.8 Å². The van der Waals surface area contributed by atoms with E-state index in [1.807, 2.05) is 25.1 Å². The van der Waals surface area contributed by atoms with Crippen molar-refractivity contribution in [2.24, 2.45) is 0 Å². The predicted octanol–water partition coefficient (Wildman–Crippen LogP) is 1.86. The van der Waals surface area contributed by atoms with Gasteiger partial charge in [0.25, 0.3) is 0 Å². The predicted molar refractivity (Wildman–Crippen MR) is 59.7 cm³/mol. The van der Waals surface area contributed by atoms with Gasteiger partial charge in [-0.3, -0.25) is 0 Å². The van der Waals surface area contributed by atoms with Gasteiger partial charge in [-0.05, 0) is 31.5 Å². The molecule has 0 aliphatic carbocycles. The van der Waals surface area contributed by atoms with E-state index in [0.29, 0.717) is 12.4 Å². The van der Waals surface area contributed by atoms with Crippen LogP contribution < -0.4 is 4.74 Å². The van der Waals surface area contributed by atoms with E-state index in [1.54, 1.807) is 13.0 Å². The molecule has 0 aliphatic rings. The summed E-state index contributed by atoms with van der Waals surface area (Å²) in [5.41, 5.74) is 1.07. The van der Waals surface area contributed by atoms with E-state index in [0.717, 1.165) is 5.56 Å². The number of aryl methyl sites for hydroxylation is 1. The Morgan fingerprint density at radius 2 is 2.25 bits per heavy atom. The van der Waals surface area contributed by atoms with Crippen LogP contribution >= 0.6 is 0 Å². The van der Waals surface area contributed by atoms with Crippen molar-refractivity contribution in [1.29, 1.82) is 0 Å². The Morgan fingerprint density at radius 1 is 1.50 bits per heavy atom. The molecule has 1 unspecified atom stereocenters. The molecule has 1 N–H and O–H groups in total. The average Bonchev–Trinajstić information content (AvgIpc) is 2.24. The lowest BCUT2D eigenvalue weighted by molar-refractivity contribution is -0.152. The van der Waals surface area contributed by atoms with Gasteiger partial charge in [0.2, 0.25) is 0 Å². The first-order valence-corrected chi connectivity index (χ1v) is 5.17. The summed E-state index contributed by atoms with van der Waals surface area (Å²) < 4.78 is 10.4. The van der Waals surface area contributed by atoms with Gasteiger partial charge < -0.3 is 14.6 Å². The van der Waals surface area contributed by atoms with Crippen LogP contribution in [0.15, 0.2) is 24.3 Å². The van der Waals surface area contributed by atoms with E-state index in [-0.39, 0.29) is 6.61 Å². The topological polar surface area (TPSA) is 55.8 Å². The highest BCUT2D eigenvalue weighted by Gasteiger charge is 2.18. The Morgan fingerprint density at radius 3 is 2.81 bits per heavy atom. The quantitative estimate of drug-likeness (QED) is 0.801. The minimum absolute atomic E-state index is 0.0205. The summed E-state index contributed by atoms with van der Waals surface area (Å²) in [7, 11) is 0. The Bertz CT molecular complexity index is 349. The lowest BCUT2D eigenvalue weighted by Crippen LogP contribution is -2.30. The number of hydrogen-bond donors (Lipinski definition) is 1. The third-order valence-corrected chi connectivity index (χ3v) is 2.03. The zero-order chi connectivity index (χ0) is 12.0. The molecule has 0 bridgehead atoms. The molecule has 4 heteroatoms. The molecule has 1 aromatic rings. The molecule has 4 nitrogen and oxygen atoms in total. The molecule has 1 aromatic carbocycles. The number of carbonyl (C=O) groups is 1. The van der Waals surface area contributed by atoms with E-state index < -0.39 is 12.1 Å². The third kappa shape index (κ3) is 3.90. The summed E-state index contributed by atoms with van der Waals surface area (Å²) in [6.07, 6.45) is -0.912. The molecule has 0 heterocycles. The van der Waals surface area contributed by atoms with Crippen molar-refractivity contribution >= 4 is 5.97 Å². The van der Waals surface area contributed by atoms with Crippen molar-refractivity contribution in [1.82, 2.24) is 0 Å². The molecule has 0 spiro atoms. The van der Waals surface area contributed by atoms with Crippen LogP contribution in [0.2, 0.25) is 0 Å². The fraction of sp³-hybridized carbons (Fsp3) is 0.417. The van der Waals surface area contributed by atoms with Crippen LogP contribution in [-0.4, -0.2) is 30.4 Å². The van der Waals surface area contributed by atoms with Crippen LogP contribution in [0.5, 0.6) is 5.75 Å². The number of hydrogen-bond acceptors (Lipinski definition) is 3. The molecule has 1 rings (SSSR count). The molecule has 0 amide bonds. The SMILES string of the molecule is CCOC(COc1cccc(C)c1)C(=O)O. The molecule has 16 heavy (non-hydrogen) atoms. The third-order valence-electron chi connectivity index (χ3n) is 2.03. The van der Waals surface area contributed by atoms with Crippen LogP contribution in [0.1, 0.15) is 12.5 Å². The number of aliphatic carboxylic acids is 1. The van der Waals surface area contributed by atoms with Crippen LogP contribution in [0.3, 0.4) is 0 Å². The molecule has 0 radical (unpaired) electrons. The molecular formula is C12H16O4. The standard InChI is InChI=1S/C12H16O4/c1-3-15-11(12(13)14)8-16-10-6-4-5-9(2)7-10/h4-7,11H,3,8H2,1-2H3,(H,13,14). The van der Waals surface area contributed by atoms with Gasteiger partial charge >= 0.3 is 5.97 Å². The molecule has 0 saturated carbocycles. The maximum Gasteiger partial charge on any atom is 0.336 e. The van der Waals surface area contributed by atoms with Gasteiger partial charge in [-0.1, -0.05) is 12.1 Å². The minimum Gasteiger partial charge on any atom is -0.490 e. The summed E-state index contributed by atoms with van der Waals surface area (Å²) in [6.45, 7) is 4.08. The number of carboxylic acids is 1. The first kappa shape index (κ1) is 12.5. The lowest BCUT2D eigenvalue weighted by atomic mass is 10.2. The normalized spacial score (nSPS) is 12.1. The summed E-state index contributed by atoms with van der Waals surface area (Å²) in [5.74, 6) is -0.347. The van der Waals surface area contributed by atoms with Gasteiger partial charge in [-0.2, -0.15) is 0 Å². The molecule has 0 aliphatic heterocycles. The van der Waals surface area contributed by atoms with E-state index in [1.165, 1.54) is 0 Å².